The molecule has 5 heteroatoms. The Morgan fingerprint density at radius 2 is 1.93 bits per heavy atom. The Kier molecular flexibility index (Phi) is 8.04. The molecular weight excluding hydrogens is 340 g/mol. The zero-order valence-corrected chi connectivity index (χ0v) is 17.0. The third-order valence-corrected chi connectivity index (χ3v) is 4.57. The number of nitrogens with one attached hydrogen (secondary N) is 1. The van der Waals surface area contributed by atoms with Gasteiger partial charge in [0.1, 0.15) is 16.9 Å². The molecule has 148 valence electrons. The average Bonchev–Trinajstić information content (AvgIpc) is 2.68. The topological polar surface area (TPSA) is 60.5 Å². The van der Waals surface area contributed by atoms with Crippen LogP contribution in [0.5, 0.6) is 5.75 Å². The number of unbranched alkanes of at least 4 members (excludes halogenated alkanes) is 1. The van der Waals surface area contributed by atoms with Gasteiger partial charge in [0.05, 0.1) is 12.3 Å². The van der Waals surface area contributed by atoms with E-state index in [1.54, 1.807) is 6.20 Å². The highest BCUT2D eigenvalue weighted by Crippen LogP contribution is 2.31. The van der Waals surface area contributed by atoms with Crippen LogP contribution >= 0.6 is 0 Å². The van der Waals surface area contributed by atoms with Gasteiger partial charge < -0.3 is 14.8 Å². The minimum atomic E-state index is -0.838. The minimum Gasteiger partial charge on any atom is -0.491 e. The number of carbonyl (C=O) groups excluding carboxylic acids is 1. The summed E-state index contributed by atoms with van der Waals surface area (Å²) < 4.78 is 11.8. The van der Waals surface area contributed by atoms with Gasteiger partial charge in [0, 0.05) is 18.2 Å². The molecule has 0 fully saturated rings. The second kappa shape index (κ2) is 10.3. The van der Waals surface area contributed by atoms with Crippen molar-refractivity contribution in [3.05, 3.63) is 30.5 Å². The number of hydrogen-bond donors (Lipinski definition) is 1. The molecule has 1 amide bonds. The van der Waals surface area contributed by atoms with E-state index in [0.717, 1.165) is 48.0 Å². The van der Waals surface area contributed by atoms with Crippen LogP contribution in [-0.2, 0) is 9.53 Å². The van der Waals surface area contributed by atoms with Crippen LogP contribution in [0.2, 0.25) is 0 Å². The number of hydrogen-bond acceptors (Lipinski definition) is 4. The van der Waals surface area contributed by atoms with Crippen molar-refractivity contribution in [2.75, 3.05) is 18.5 Å². The summed E-state index contributed by atoms with van der Waals surface area (Å²) in [5.41, 5.74) is 0.654. The zero-order valence-electron chi connectivity index (χ0n) is 17.0. The van der Waals surface area contributed by atoms with Crippen molar-refractivity contribution >= 4 is 22.5 Å². The monoisotopic (exact) mass is 372 g/mol. The Morgan fingerprint density at radius 1 is 1.11 bits per heavy atom. The van der Waals surface area contributed by atoms with Crippen molar-refractivity contribution < 1.29 is 14.3 Å². The van der Waals surface area contributed by atoms with Crippen molar-refractivity contribution in [1.29, 1.82) is 0 Å². The average molecular weight is 373 g/mol. The molecule has 0 aliphatic rings. The van der Waals surface area contributed by atoms with Gasteiger partial charge in [-0.2, -0.15) is 0 Å². The van der Waals surface area contributed by atoms with Gasteiger partial charge in [-0.05, 0) is 50.5 Å². The number of rotatable bonds is 11. The summed E-state index contributed by atoms with van der Waals surface area (Å²) in [7, 11) is 0. The van der Waals surface area contributed by atoms with Crippen LogP contribution in [0.4, 0.5) is 5.69 Å². The summed E-state index contributed by atoms with van der Waals surface area (Å²) in [5, 5.41) is 3.92. The molecule has 2 rings (SSSR count). The zero-order chi connectivity index (χ0) is 19.7. The van der Waals surface area contributed by atoms with Gasteiger partial charge in [0.2, 0.25) is 0 Å². The van der Waals surface area contributed by atoms with E-state index in [9.17, 15) is 4.79 Å². The molecule has 1 N–H and O–H groups in total. The number of ether oxygens (including phenoxy) is 2. The van der Waals surface area contributed by atoms with E-state index in [1.807, 2.05) is 38.1 Å². The van der Waals surface area contributed by atoms with E-state index >= 15 is 0 Å². The first kappa shape index (κ1) is 21.2. The standard InChI is InChI=1S/C22H32N2O3/c1-5-8-16-26-19-12-11-18(17-10-9-14-23-20(17)19)24-21(25)22(4,13-6-2)27-15-7-3/h9-12,14H,5-8,13,15-16H2,1-4H3,(H,24,25)/t22-/m0/s1. The number of anilines is 1. The third-order valence-electron chi connectivity index (χ3n) is 4.57. The van der Waals surface area contributed by atoms with Crippen LogP contribution in [0.3, 0.4) is 0 Å². The van der Waals surface area contributed by atoms with Crippen molar-refractivity contribution in [2.45, 2.75) is 65.4 Å². The highest BCUT2D eigenvalue weighted by molar-refractivity contribution is 6.05. The number of fused-ring (bicyclic) bond motifs is 1. The van der Waals surface area contributed by atoms with Gasteiger partial charge in [-0.1, -0.05) is 33.6 Å². The SMILES string of the molecule is CCCCOc1ccc(NC(=O)[C@](C)(CCC)OCCC)c2cccnc12. The number of aromatic nitrogens is 1. The molecule has 0 aliphatic carbocycles. The molecule has 1 aromatic carbocycles. The largest absolute Gasteiger partial charge is 0.491 e. The van der Waals surface area contributed by atoms with Crippen molar-refractivity contribution in [3.8, 4) is 5.75 Å². The van der Waals surface area contributed by atoms with Gasteiger partial charge in [0.25, 0.3) is 5.91 Å². The van der Waals surface area contributed by atoms with E-state index in [-0.39, 0.29) is 5.91 Å². The first-order chi connectivity index (χ1) is 13.1. The van der Waals surface area contributed by atoms with Gasteiger partial charge in [0.15, 0.2) is 0 Å². The first-order valence-electron chi connectivity index (χ1n) is 10.0. The molecule has 1 heterocycles. The van der Waals surface area contributed by atoms with Gasteiger partial charge in [-0.15, -0.1) is 0 Å². The second-order valence-electron chi connectivity index (χ2n) is 7.00. The first-order valence-corrected chi connectivity index (χ1v) is 10.0. The normalized spacial score (nSPS) is 13.3. The van der Waals surface area contributed by atoms with E-state index in [2.05, 4.69) is 24.1 Å². The molecule has 0 bridgehead atoms. The summed E-state index contributed by atoms with van der Waals surface area (Å²) >= 11 is 0. The number of benzene rings is 1. The lowest BCUT2D eigenvalue weighted by atomic mass is 9.98. The molecule has 0 radical (unpaired) electrons. The van der Waals surface area contributed by atoms with Crippen molar-refractivity contribution in [3.63, 3.8) is 0 Å². The number of pyridine rings is 1. The lowest BCUT2D eigenvalue weighted by molar-refractivity contribution is -0.140. The fourth-order valence-corrected chi connectivity index (χ4v) is 3.01. The summed E-state index contributed by atoms with van der Waals surface area (Å²) in [5.74, 6) is 0.623. The maximum Gasteiger partial charge on any atom is 0.256 e. The maximum atomic E-state index is 13.0. The molecule has 0 aliphatic heterocycles. The van der Waals surface area contributed by atoms with Crippen LogP contribution in [0, 0.1) is 0 Å². The number of carbonyl (C=O) groups is 1. The molecule has 27 heavy (non-hydrogen) atoms. The summed E-state index contributed by atoms with van der Waals surface area (Å²) in [6.45, 7) is 9.32. The molecule has 1 aromatic heterocycles. The Bertz CT molecular complexity index is 747. The molecule has 0 unspecified atom stereocenters. The minimum absolute atomic E-state index is 0.123. The van der Waals surface area contributed by atoms with Crippen LogP contribution in [0.1, 0.15) is 59.8 Å². The van der Waals surface area contributed by atoms with Crippen molar-refractivity contribution in [1.82, 2.24) is 4.98 Å². The predicted molar refractivity (Wildman–Crippen MR) is 110 cm³/mol. The maximum absolute atomic E-state index is 13.0. The second-order valence-corrected chi connectivity index (χ2v) is 7.00. The summed E-state index contributed by atoms with van der Waals surface area (Å²) in [6.07, 6.45) is 6.24. The highest BCUT2D eigenvalue weighted by atomic mass is 16.5. The Hall–Kier alpha value is -2.14. The third kappa shape index (κ3) is 5.42. The smallest absolute Gasteiger partial charge is 0.256 e. The van der Waals surface area contributed by atoms with E-state index in [4.69, 9.17) is 9.47 Å². The Labute approximate surface area is 162 Å². The molecule has 5 nitrogen and oxygen atoms in total. The van der Waals surface area contributed by atoms with Gasteiger partial charge >= 0.3 is 0 Å². The lowest BCUT2D eigenvalue weighted by Gasteiger charge is -2.28. The lowest BCUT2D eigenvalue weighted by Crippen LogP contribution is -2.43. The molecule has 1 atom stereocenters. The highest BCUT2D eigenvalue weighted by Gasteiger charge is 2.33. The molecule has 0 saturated carbocycles. The number of nitrogens with zero attached hydrogens (tertiary/aromatic N) is 1. The van der Waals surface area contributed by atoms with Gasteiger partial charge in [-0.3, -0.25) is 9.78 Å². The predicted octanol–water partition coefficient (Wildman–Crippen LogP) is 5.34. The van der Waals surface area contributed by atoms with Crippen LogP contribution in [0.15, 0.2) is 30.5 Å². The quantitative estimate of drug-likeness (QED) is 0.541. The molecule has 0 saturated heterocycles. The summed E-state index contributed by atoms with van der Waals surface area (Å²) in [4.78, 5) is 17.5. The molecule has 0 spiro atoms. The fourth-order valence-electron chi connectivity index (χ4n) is 3.01. The molecular formula is C22H32N2O3. The summed E-state index contributed by atoms with van der Waals surface area (Å²) in [6, 6.07) is 7.58. The van der Waals surface area contributed by atoms with Crippen molar-refractivity contribution in [2.24, 2.45) is 0 Å². The van der Waals surface area contributed by atoms with E-state index < -0.39 is 5.60 Å². The van der Waals surface area contributed by atoms with Crippen LogP contribution in [0.25, 0.3) is 10.9 Å². The van der Waals surface area contributed by atoms with E-state index in [1.165, 1.54) is 0 Å². The number of amides is 1. The molecule has 2 aromatic rings. The van der Waals surface area contributed by atoms with Crippen LogP contribution < -0.4 is 10.1 Å². The Morgan fingerprint density at radius 3 is 2.63 bits per heavy atom. The van der Waals surface area contributed by atoms with Gasteiger partial charge in [-0.25, -0.2) is 0 Å². The van der Waals surface area contributed by atoms with Crippen LogP contribution in [-0.4, -0.2) is 29.7 Å². The Balaban J connectivity index is 2.27. The fraction of sp³-hybridized carbons (Fsp3) is 0.545. The van der Waals surface area contributed by atoms with E-state index in [0.29, 0.717) is 19.6 Å².